The molecule has 0 saturated carbocycles. The molecule has 32 heavy (non-hydrogen) atoms. The molecule has 6 nitrogen and oxygen atoms in total. The molecule has 7 heteroatoms. The lowest BCUT2D eigenvalue weighted by atomic mass is 10.1. The second-order valence-corrected chi connectivity index (χ2v) is 7.80. The fourth-order valence-electron chi connectivity index (χ4n) is 3.01. The Balaban J connectivity index is 1.37. The van der Waals surface area contributed by atoms with Gasteiger partial charge in [0, 0.05) is 4.47 Å². The fraction of sp³-hybridized carbons (Fsp3) is 0. The molecule has 4 rings (SSSR count). The van der Waals surface area contributed by atoms with Crippen molar-refractivity contribution >= 4 is 44.8 Å². The summed E-state index contributed by atoms with van der Waals surface area (Å²) in [5, 5.41) is 15.8. The van der Waals surface area contributed by atoms with Gasteiger partial charge in [0.25, 0.3) is 5.91 Å². The van der Waals surface area contributed by atoms with Crippen molar-refractivity contribution < 1.29 is 19.4 Å². The number of halogens is 1. The zero-order valence-electron chi connectivity index (χ0n) is 16.7. The van der Waals surface area contributed by atoms with Crippen LogP contribution < -0.4 is 10.2 Å². The first-order valence-corrected chi connectivity index (χ1v) is 10.4. The van der Waals surface area contributed by atoms with Gasteiger partial charge in [0.15, 0.2) is 0 Å². The van der Waals surface area contributed by atoms with Gasteiger partial charge in [-0.05, 0) is 77.0 Å². The highest BCUT2D eigenvalue weighted by atomic mass is 79.9. The second kappa shape index (κ2) is 9.45. The highest BCUT2D eigenvalue weighted by molar-refractivity contribution is 9.10. The first-order chi connectivity index (χ1) is 15.5. The molecule has 0 unspecified atom stereocenters. The molecule has 0 aliphatic carbocycles. The van der Waals surface area contributed by atoms with Crippen molar-refractivity contribution in [1.82, 2.24) is 5.43 Å². The van der Waals surface area contributed by atoms with Crippen LogP contribution in [0.4, 0.5) is 0 Å². The van der Waals surface area contributed by atoms with Gasteiger partial charge in [-0.15, -0.1) is 0 Å². The van der Waals surface area contributed by atoms with Gasteiger partial charge in [-0.2, -0.15) is 5.10 Å². The number of aromatic hydroxyl groups is 1. The van der Waals surface area contributed by atoms with Crippen LogP contribution in [-0.4, -0.2) is 23.2 Å². The standard InChI is InChI=1S/C25H17BrN2O4/c26-20-9-7-17(8-10-20)25(31)32-21-11-5-16(6-12-21)15-27-28-24(30)22-13-18-3-1-2-4-19(18)14-23(22)29/h1-15,29H,(H,28,30). The van der Waals surface area contributed by atoms with Crippen molar-refractivity contribution in [2.24, 2.45) is 5.10 Å². The van der Waals surface area contributed by atoms with E-state index in [0.29, 0.717) is 16.9 Å². The molecule has 0 heterocycles. The number of amides is 1. The molecule has 0 aromatic heterocycles. The number of carbonyl (C=O) groups excluding carboxylic acids is 2. The maximum Gasteiger partial charge on any atom is 0.343 e. The van der Waals surface area contributed by atoms with Crippen LogP contribution >= 0.6 is 15.9 Å². The van der Waals surface area contributed by atoms with Crippen molar-refractivity contribution in [3.05, 3.63) is 106 Å². The van der Waals surface area contributed by atoms with E-state index in [1.165, 1.54) is 6.21 Å². The minimum absolute atomic E-state index is 0.117. The van der Waals surface area contributed by atoms with Gasteiger partial charge in [-0.25, -0.2) is 10.2 Å². The molecule has 0 bridgehead atoms. The molecular formula is C25H17BrN2O4. The van der Waals surface area contributed by atoms with Gasteiger partial charge in [-0.1, -0.05) is 40.2 Å². The lowest BCUT2D eigenvalue weighted by molar-refractivity contribution is 0.0734. The van der Waals surface area contributed by atoms with Crippen LogP contribution in [0.25, 0.3) is 10.8 Å². The summed E-state index contributed by atoms with van der Waals surface area (Å²) in [6.45, 7) is 0. The number of nitrogens with one attached hydrogen (secondary N) is 1. The number of phenolic OH excluding ortho intramolecular Hbond substituents is 1. The van der Waals surface area contributed by atoms with Crippen LogP contribution in [0, 0.1) is 0 Å². The van der Waals surface area contributed by atoms with E-state index < -0.39 is 11.9 Å². The maximum atomic E-state index is 12.4. The molecule has 0 fully saturated rings. The summed E-state index contributed by atoms with van der Waals surface area (Å²) < 4.78 is 6.22. The van der Waals surface area contributed by atoms with Crippen LogP contribution in [0.1, 0.15) is 26.3 Å². The van der Waals surface area contributed by atoms with E-state index >= 15 is 0 Å². The van der Waals surface area contributed by atoms with Gasteiger partial charge in [0.05, 0.1) is 17.3 Å². The van der Waals surface area contributed by atoms with Crippen LogP contribution in [0.5, 0.6) is 11.5 Å². The summed E-state index contributed by atoms with van der Waals surface area (Å²) in [5.74, 6) is -0.709. The fourth-order valence-corrected chi connectivity index (χ4v) is 3.27. The molecule has 4 aromatic carbocycles. The predicted molar refractivity (Wildman–Crippen MR) is 126 cm³/mol. The Hall–Kier alpha value is -3.97. The molecule has 0 radical (unpaired) electrons. The average molecular weight is 489 g/mol. The number of rotatable bonds is 5. The number of phenols is 1. The van der Waals surface area contributed by atoms with Crippen molar-refractivity contribution in [2.45, 2.75) is 0 Å². The lowest BCUT2D eigenvalue weighted by Crippen LogP contribution is -2.17. The molecule has 0 aliphatic heterocycles. The number of hydrogen-bond acceptors (Lipinski definition) is 5. The summed E-state index contributed by atoms with van der Waals surface area (Å²) in [5.41, 5.74) is 3.68. The maximum absolute atomic E-state index is 12.4. The van der Waals surface area contributed by atoms with E-state index in [2.05, 4.69) is 26.5 Å². The van der Waals surface area contributed by atoms with Gasteiger partial charge in [0.2, 0.25) is 0 Å². The van der Waals surface area contributed by atoms with E-state index in [1.54, 1.807) is 60.7 Å². The van der Waals surface area contributed by atoms with Gasteiger partial charge < -0.3 is 9.84 Å². The summed E-state index contributed by atoms with van der Waals surface area (Å²) in [6.07, 6.45) is 1.45. The Morgan fingerprint density at radius 1 is 0.906 bits per heavy atom. The first kappa shape index (κ1) is 21.3. The van der Waals surface area contributed by atoms with Crippen LogP contribution in [0.2, 0.25) is 0 Å². The monoisotopic (exact) mass is 488 g/mol. The molecule has 1 amide bonds. The number of carbonyl (C=O) groups is 2. The summed E-state index contributed by atoms with van der Waals surface area (Å²) in [7, 11) is 0. The zero-order chi connectivity index (χ0) is 22.5. The molecular weight excluding hydrogens is 472 g/mol. The number of esters is 1. The van der Waals surface area contributed by atoms with Gasteiger partial charge >= 0.3 is 5.97 Å². The number of fused-ring (bicyclic) bond motifs is 1. The number of nitrogens with zero attached hydrogens (tertiary/aromatic N) is 1. The van der Waals surface area contributed by atoms with Crippen molar-refractivity contribution in [3.8, 4) is 11.5 Å². The van der Waals surface area contributed by atoms with Gasteiger partial charge in [-0.3, -0.25) is 4.79 Å². The van der Waals surface area contributed by atoms with E-state index in [-0.39, 0.29) is 11.3 Å². The molecule has 0 spiro atoms. The number of hydrazone groups is 1. The Morgan fingerprint density at radius 3 is 2.25 bits per heavy atom. The smallest absolute Gasteiger partial charge is 0.343 e. The number of benzene rings is 4. The average Bonchev–Trinajstić information content (AvgIpc) is 2.80. The molecule has 0 saturated heterocycles. The lowest BCUT2D eigenvalue weighted by Gasteiger charge is -2.06. The second-order valence-electron chi connectivity index (χ2n) is 6.88. The number of ether oxygens (including phenoxy) is 1. The predicted octanol–water partition coefficient (Wildman–Crippen LogP) is 5.29. The van der Waals surface area contributed by atoms with Crippen molar-refractivity contribution in [3.63, 3.8) is 0 Å². The number of hydrogen-bond donors (Lipinski definition) is 2. The van der Waals surface area contributed by atoms with E-state index in [4.69, 9.17) is 4.74 Å². The van der Waals surface area contributed by atoms with Crippen molar-refractivity contribution in [1.29, 1.82) is 0 Å². The van der Waals surface area contributed by atoms with E-state index in [1.807, 2.05) is 24.3 Å². The highest BCUT2D eigenvalue weighted by Gasteiger charge is 2.12. The Kier molecular flexibility index (Phi) is 6.28. The third-order valence-corrected chi connectivity index (χ3v) is 5.19. The third-order valence-electron chi connectivity index (χ3n) is 4.66. The quantitative estimate of drug-likeness (QED) is 0.173. The Morgan fingerprint density at radius 2 is 1.56 bits per heavy atom. The normalized spacial score (nSPS) is 10.9. The van der Waals surface area contributed by atoms with Crippen molar-refractivity contribution in [2.75, 3.05) is 0 Å². The summed E-state index contributed by atoms with van der Waals surface area (Å²) in [4.78, 5) is 24.6. The summed E-state index contributed by atoms with van der Waals surface area (Å²) in [6, 6.07) is 24.1. The first-order valence-electron chi connectivity index (χ1n) is 9.62. The molecule has 0 aliphatic rings. The minimum atomic E-state index is -0.524. The molecule has 4 aromatic rings. The largest absolute Gasteiger partial charge is 0.507 e. The SMILES string of the molecule is O=C(Oc1ccc(C=NNC(=O)c2cc3ccccc3cc2O)cc1)c1ccc(Br)cc1. The summed E-state index contributed by atoms with van der Waals surface area (Å²) >= 11 is 3.32. The molecule has 158 valence electrons. The molecule has 0 atom stereocenters. The van der Waals surface area contributed by atoms with Crippen LogP contribution in [0.15, 0.2) is 94.5 Å². The van der Waals surface area contributed by atoms with Crippen LogP contribution in [-0.2, 0) is 0 Å². The van der Waals surface area contributed by atoms with Crippen LogP contribution in [0.3, 0.4) is 0 Å². The van der Waals surface area contributed by atoms with Gasteiger partial charge in [0.1, 0.15) is 11.5 Å². The third kappa shape index (κ3) is 5.01. The van der Waals surface area contributed by atoms with E-state index in [0.717, 1.165) is 15.2 Å². The zero-order valence-corrected chi connectivity index (χ0v) is 18.2. The Bertz CT molecular complexity index is 1320. The molecule has 2 N–H and O–H groups in total. The topological polar surface area (TPSA) is 88.0 Å². The Labute approximate surface area is 192 Å². The minimum Gasteiger partial charge on any atom is -0.507 e. The highest BCUT2D eigenvalue weighted by Crippen LogP contribution is 2.24. The van der Waals surface area contributed by atoms with E-state index in [9.17, 15) is 14.7 Å².